The molecular formula is C16H31BrO2. The Morgan fingerprint density at radius 3 is 2.21 bits per heavy atom. The van der Waals surface area contributed by atoms with Crippen molar-refractivity contribution in [2.75, 3.05) is 6.61 Å². The first-order valence-electron chi connectivity index (χ1n) is 8.00. The number of carbonyl (C=O) groups excluding carboxylic acids is 1. The summed E-state index contributed by atoms with van der Waals surface area (Å²) >= 11 is 3.74. The summed E-state index contributed by atoms with van der Waals surface area (Å²) in [5, 5.41) is 0. The van der Waals surface area contributed by atoms with E-state index in [0.29, 0.717) is 17.9 Å². The van der Waals surface area contributed by atoms with E-state index in [0.717, 1.165) is 25.7 Å². The van der Waals surface area contributed by atoms with Crippen LogP contribution >= 0.6 is 15.9 Å². The van der Waals surface area contributed by atoms with Gasteiger partial charge in [-0.1, -0.05) is 61.9 Å². The Balaban J connectivity index is 3.26. The number of rotatable bonds is 13. The Kier molecular flexibility index (Phi) is 14.3. The van der Waals surface area contributed by atoms with Crippen molar-refractivity contribution in [2.24, 2.45) is 0 Å². The zero-order valence-corrected chi connectivity index (χ0v) is 14.3. The first-order valence-corrected chi connectivity index (χ1v) is 8.92. The molecule has 0 rings (SSSR count). The van der Waals surface area contributed by atoms with Gasteiger partial charge in [0.2, 0.25) is 0 Å². The monoisotopic (exact) mass is 334 g/mol. The van der Waals surface area contributed by atoms with Gasteiger partial charge in [-0.2, -0.15) is 0 Å². The van der Waals surface area contributed by atoms with E-state index in [-0.39, 0.29) is 5.97 Å². The molecule has 0 aliphatic heterocycles. The summed E-state index contributed by atoms with van der Waals surface area (Å²) in [4.78, 5) is 11.9. The normalized spacial score (nSPS) is 12.4. The van der Waals surface area contributed by atoms with E-state index in [4.69, 9.17) is 4.74 Å². The zero-order chi connectivity index (χ0) is 14.3. The minimum atomic E-state index is -0.0307. The number of halogens is 1. The molecule has 0 heterocycles. The lowest BCUT2D eigenvalue weighted by molar-refractivity contribution is -0.143. The molecule has 0 aromatic rings. The molecule has 0 saturated heterocycles. The first kappa shape index (κ1) is 18.9. The van der Waals surface area contributed by atoms with Crippen LogP contribution in [-0.2, 0) is 9.53 Å². The van der Waals surface area contributed by atoms with E-state index in [1.54, 1.807) is 0 Å². The summed E-state index contributed by atoms with van der Waals surface area (Å²) < 4.78 is 5.18. The standard InChI is InChI=1S/C16H31BrO2/c1-3-5-7-8-11-15(17)12-9-10-14-19-16(18)13-6-4-2/h15H,3-14H2,1-2H3. The van der Waals surface area contributed by atoms with Gasteiger partial charge in [0, 0.05) is 11.2 Å². The Hall–Kier alpha value is -0.0500. The fourth-order valence-electron chi connectivity index (χ4n) is 1.98. The van der Waals surface area contributed by atoms with Gasteiger partial charge in [-0.05, 0) is 32.1 Å². The molecule has 0 aromatic carbocycles. The molecule has 0 fully saturated rings. The van der Waals surface area contributed by atoms with Crippen molar-refractivity contribution < 1.29 is 9.53 Å². The van der Waals surface area contributed by atoms with Gasteiger partial charge in [-0.15, -0.1) is 0 Å². The van der Waals surface area contributed by atoms with Crippen molar-refractivity contribution in [2.45, 2.75) is 89.3 Å². The van der Waals surface area contributed by atoms with Crippen LogP contribution in [0.5, 0.6) is 0 Å². The summed E-state index contributed by atoms with van der Waals surface area (Å²) in [6.45, 7) is 4.93. The lowest BCUT2D eigenvalue weighted by Crippen LogP contribution is -2.06. The molecule has 114 valence electrons. The molecule has 3 heteroatoms. The fourth-order valence-corrected chi connectivity index (χ4v) is 2.63. The van der Waals surface area contributed by atoms with Crippen LogP contribution in [0.4, 0.5) is 0 Å². The predicted molar refractivity (Wildman–Crippen MR) is 85.8 cm³/mol. The summed E-state index contributed by atoms with van der Waals surface area (Å²) in [5.74, 6) is -0.0307. The highest BCUT2D eigenvalue weighted by Crippen LogP contribution is 2.17. The van der Waals surface area contributed by atoms with Gasteiger partial charge in [0.1, 0.15) is 0 Å². The van der Waals surface area contributed by atoms with Crippen molar-refractivity contribution in [3.63, 3.8) is 0 Å². The van der Waals surface area contributed by atoms with E-state index in [1.807, 2.05) is 0 Å². The molecule has 2 nitrogen and oxygen atoms in total. The maximum Gasteiger partial charge on any atom is 0.305 e. The third kappa shape index (κ3) is 14.2. The number of ether oxygens (including phenoxy) is 1. The first-order chi connectivity index (χ1) is 9.20. The molecule has 0 spiro atoms. The van der Waals surface area contributed by atoms with E-state index < -0.39 is 0 Å². The number of carbonyl (C=O) groups is 1. The molecule has 19 heavy (non-hydrogen) atoms. The van der Waals surface area contributed by atoms with E-state index in [2.05, 4.69) is 29.8 Å². The molecule has 0 N–H and O–H groups in total. The van der Waals surface area contributed by atoms with Gasteiger partial charge >= 0.3 is 5.97 Å². The highest BCUT2D eigenvalue weighted by molar-refractivity contribution is 9.09. The molecule has 0 aromatic heterocycles. The van der Waals surface area contributed by atoms with Crippen LogP contribution < -0.4 is 0 Å². The van der Waals surface area contributed by atoms with E-state index >= 15 is 0 Å². The Labute approximate surface area is 127 Å². The molecule has 1 unspecified atom stereocenters. The minimum absolute atomic E-state index is 0.0307. The third-order valence-corrected chi connectivity index (χ3v) is 4.20. The smallest absolute Gasteiger partial charge is 0.305 e. The SMILES string of the molecule is CCCCCCC(Br)CCCCOC(=O)CCCC. The molecule has 0 amide bonds. The topological polar surface area (TPSA) is 26.3 Å². The minimum Gasteiger partial charge on any atom is -0.466 e. The maximum atomic E-state index is 11.3. The Morgan fingerprint density at radius 2 is 1.58 bits per heavy atom. The fraction of sp³-hybridized carbons (Fsp3) is 0.938. The molecule has 0 saturated carbocycles. The highest BCUT2D eigenvalue weighted by Gasteiger charge is 2.05. The summed E-state index contributed by atoms with van der Waals surface area (Å²) in [5.41, 5.74) is 0. The van der Waals surface area contributed by atoms with Gasteiger partial charge in [-0.3, -0.25) is 4.79 Å². The summed E-state index contributed by atoms with van der Waals surface area (Å²) in [6.07, 6.45) is 12.5. The summed E-state index contributed by atoms with van der Waals surface area (Å²) in [6, 6.07) is 0. The van der Waals surface area contributed by atoms with Gasteiger partial charge in [-0.25, -0.2) is 0 Å². The molecule has 0 aliphatic carbocycles. The predicted octanol–water partition coefficient (Wildman–Crippen LogP) is 5.62. The molecule has 0 bridgehead atoms. The van der Waals surface area contributed by atoms with Crippen molar-refractivity contribution in [3.05, 3.63) is 0 Å². The molecule has 0 aliphatic rings. The average molecular weight is 335 g/mol. The second kappa shape index (κ2) is 14.4. The largest absolute Gasteiger partial charge is 0.466 e. The molecule has 0 radical (unpaired) electrons. The van der Waals surface area contributed by atoms with Gasteiger partial charge < -0.3 is 4.74 Å². The number of hydrogen-bond acceptors (Lipinski definition) is 2. The van der Waals surface area contributed by atoms with Crippen LogP contribution in [0.25, 0.3) is 0 Å². The number of alkyl halides is 1. The number of unbranched alkanes of at least 4 members (excludes halogenated alkanes) is 5. The van der Waals surface area contributed by atoms with Gasteiger partial charge in [0.25, 0.3) is 0 Å². The number of hydrogen-bond donors (Lipinski definition) is 0. The number of esters is 1. The van der Waals surface area contributed by atoms with Crippen LogP contribution in [0, 0.1) is 0 Å². The summed E-state index contributed by atoms with van der Waals surface area (Å²) in [7, 11) is 0. The zero-order valence-electron chi connectivity index (χ0n) is 12.8. The van der Waals surface area contributed by atoms with E-state index in [1.165, 1.54) is 38.5 Å². The second-order valence-electron chi connectivity index (χ2n) is 5.27. The van der Waals surface area contributed by atoms with Gasteiger partial charge in [0.05, 0.1) is 6.61 Å². The maximum absolute atomic E-state index is 11.3. The molecular weight excluding hydrogens is 304 g/mol. The van der Waals surface area contributed by atoms with Crippen LogP contribution in [-0.4, -0.2) is 17.4 Å². The highest BCUT2D eigenvalue weighted by atomic mass is 79.9. The van der Waals surface area contributed by atoms with Crippen molar-refractivity contribution in [3.8, 4) is 0 Å². The van der Waals surface area contributed by atoms with Crippen molar-refractivity contribution >= 4 is 21.9 Å². The lowest BCUT2D eigenvalue weighted by atomic mass is 10.1. The third-order valence-electron chi connectivity index (χ3n) is 3.28. The Bertz CT molecular complexity index is 207. The van der Waals surface area contributed by atoms with E-state index in [9.17, 15) is 4.79 Å². The van der Waals surface area contributed by atoms with Crippen molar-refractivity contribution in [1.29, 1.82) is 0 Å². The molecule has 1 atom stereocenters. The van der Waals surface area contributed by atoms with Crippen molar-refractivity contribution in [1.82, 2.24) is 0 Å². The average Bonchev–Trinajstić information content (AvgIpc) is 2.41. The van der Waals surface area contributed by atoms with Gasteiger partial charge in [0.15, 0.2) is 0 Å². The van der Waals surface area contributed by atoms with Crippen LogP contribution in [0.2, 0.25) is 0 Å². The van der Waals surface area contributed by atoms with Crippen LogP contribution in [0.3, 0.4) is 0 Å². The second-order valence-corrected chi connectivity index (χ2v) is 6.56. The van der Waals surface area contributed by atoms with Crippen LogP contribution in [0.15, 0.2) is 0 Å². The van der Waals surface area contributed by atoms with Crippen LogP contribution in [0.1, 0.15) is 84.5 Å². The lowest BCUT2D eigenvalue weighted by Gasteiger charge is -2.09. The quantitative estimate of drug-likeness (QED) is 0.248. The Morgan fingerprint density at radius 1 is 0.947 bits per heavy atom.